The van der Waals surface area contributed by atoms with Crippen LogP contribution in [-0.2, 0) is 9.53 Å². The molecule has 168 valence electrons. The van der Waals surface area contributed by atoms with Crippen LogP contribution >= 0.6 is 0 Å². The van der Waals surface area contributed by atoms with E-state index in [1.54, 1.807) is 31.4 Å². The van der Waals surface area contributed by atoms with E-state index in [1.165, 1.54) is 6.92 Å². The number of carbonyl (C=O) groups is 3. The highest BCUT2D eigenvalue weighted by Crippen LogP contribution is 2.49. The van der Waals surface area contributed by atoms with Crippen molar-refractivity contribution in [3.05, 3.63) is 65.2 Å². The van der Waals surface area contributed by atoms with E-state index >= 15 is 0 Å². The van der Waals surface area contributed by atoms with Crippen molar-refractivity contribution in [3.63, 3.8) is 0 Å². The molecule has 1 aliphatic carbocycles. The Balaban J connectivity index is 1.75. The van der Waals surface area contributed by atoms with E-state index in [1.807, 2.05) is 29.2 Å². The van der Waals surface area contributed by atoms with Crippen LogP contribution in [0.15, 0.2) is 48.5 Å². The normalized spacial score (nSPS) is 19.5. The number of nitrogens with zero attached hydrogens (tertiary/aromatic N) is 1. The SMILES string of the molecule is COCCN1C(=O)c2ccccc2C(C(=O)Nc2ccc(C(C)=O)cc2)C12CCCCC2. The number of carbonyl (C=O) groups excluding carboxylic acids is 3. The topological polar surface area (TPSA) is 75.7 Å². The first kappa shape index (κ1) is 22.2. The number of fused-ring (bicyclic) bond motifs is 1. The molecule has 6 nitrogen and oxygen atoms in total. The fraction of sp³-hybridized carbons (Fsp3) is 0.423. The highest BCUT2D eigenvalue weighted by Gasteiger charge is 2.54. The average molecular weight is 435 g/mol. The lowest BCUT2D eigenvalue weighted by Crippen LogP contribution is -2.62. The zero-order chi connectivity index (χ0) is 22.7. The van der Waals surface area contributed by atoms with Gasteiger partial charge in [0.05, 0.1) is 18.1 Å². The van der Waals surface area contributed by atoms with E-state index in [9.17, 15) is 14.4 Å². The molecule has 2 amide bonds. The van der Waals surface area contributed by atoms with Gasteiger partial charge >= 0.3 is 0 Å². The van der Waals surface area contributed by atoms with Crippen molar-refractivity contribution in [2.75, 3.05) is 25.6 Å². The molecule has 1 saturated carbocycles. The number of ether oxygens (including phenoxy) is 1. The number of amides is 2. The largest absolute Gasteiger partial charge is 0.383 e. The van der Waals surface area contributed by atoms with E-state index < -0.39 is 11.5 Å². The monoisotopic (exact) mass is 434 g/mol. The summed E-state index contributed by atoms with van der Waals surface area (Å²) in [6.45, 7) is 2.41. The first-order chi connectivity index (χ1) is 15.5. The van der Waals surface area contributed by atoms with Gasteiger partial charge in [0.2, 0.25) is 5.91 Å². The quantitative estimate of drug-likeness (QED) is 0.683. The van der Waals surface area contributed by atoms with Gasteiger partial charge in [0.1, 0.15) is 0 Å². The Morgan fingerprint density at radius 1 is 1.06 bits per heavy atom. The molecule has 1 heterocycles. The van der Waals surface area contributed by atoms with E-state index in [2.05, 4.69) is 5.32 Å². The molecule has 1 N–H and O–H groups in total. The van der Waals surface area contributed by atoms with Crippen LogP contribution in [0.3, 0.4) is 0 Å². The van der Waals surface area contributed by atoms with Gasteiger partial charge in [-0.3, -0.25) is 14.4 Å². The van der Waals surface area contributed by atoms with E-state index in [-0.39, 0.29) is 17.6 Å². The van der Waals surface area contributed by atoms with Crippen molar-refractivity contribution >= 4 is 23.3 Å². The Bertz CT molecular complexity index is 1010. The molecule has 1 atom stereocenters. The number of ketones is 1. The van der Waals surface area contributed by atoms with Crippen molar-refractivity contribution in [2.45, 2.75) is 50.5 Å². The number of nitrogens with one attached hydrogen (secondary N) is 1. The predicted molar refractivity (Wildman–Crippen MR) is 123 cm³/mol. The molecule has 2 aromatic carbocycles. The third-order valence-electron chi connectivity index (χ3n) is 6.88. The first-order valence-corrected chi connectivity index (χ1v) is 11.3. The van der Waals surface area contributed by atoms with Gasteiger partial charge < -0.3 is 15.0 Å². The molecule has 1 spiro atoms. The second-order valence-electron chi connectivity index (χ2n) is 8.76. The summed E-state index contributed by atoms with van der Waals surface area (Å²) in [6.07, 6.45) is 4.65. The maximum Gasteiger partial charge on any atom is 0.254 e. The molecule has 2 aliphatic rings. The Kier molecular flexibility index (Phi) is 6.42. The lowest BCUT2D eigenvalue weighted by Gasteiger charge is -2.53. The number of Topliss-reactive ketones (excluding diaryl/α,β-unsaturated/α-hetero) is 1. The Hall–Kier alpha value is -2.99. The van der Waals surface area contributed by atoms with Gasteiger partial charge in [0.25, 0.3) is 5.91 Å². The first-order valence-electron chi connectivity index (χ1n) is 11.3. The minimum absolute atomic E-state index is 0.0162. The average Bonchev–Trinajstić information content (AvgIpc) is 2.80. The van der Waals surface area contributed by atoms with E-state index in [0.717, 1.165) is 37.7 Å². The molecule has 32 heavy (non-hydrogen) atoms. The number of benzene rings is 2. The van der Waals surface area contributed by atoms with Crippen molar-refractivity contribution in [1.82, 2.24) is 4.90 Å². The Morgan fingerprint density at radius 3 is 2.41 bits per heavy atom. The number of hydrogen-bond acceptors (Lipinski definition) is 4. The summed E-state index contributed by atoms with van der Waals surface area (Å²) < 4.78 is 5.31. The van der Waals surface area contributed by atoms with Crippen LogP contribution in [0.1, 0.15) is 71.2 Å². The van der Waals surface area contributed by atoms with Crippen LogP contribution in [-0.4, -0.2) is 48.3 Å². The second-order valence-corrected chi connectivity index (χ2v) is 8.76. The fourth-order valence-electron chi connectivity index (χ4n) is 5.35. The molecular formula is C26H30N2O4. The summed E-state index contributed by atoms with van der Waals surface area (Å²) >= 11 is 0. The zero-order valence-corrected chi connectivity index (χ0v) is 18.7. The minimum Gasteiger partial charge on any atom is -0.383 e. The van der Waals surface area contributed by atoms with Gasteiger partial charge in [-0.25, -0.2) is 0 Å². The highest BCUT2D eigenvalue weighted by molar-refractivity contribution is 6.05. The maximum absolute atomic E-state index is 13.8. The summed E-state index contributed by atoms with van der Waals surface area (Å²) in [6, 6.07) is 14.4. The summed E-state index contributed by atoms with van der Waals surface area (Å²) in [5, 5.41) is 3.06. The molecule has 6 heteroatoms. The highest BCUT2D eigenvalue weighted by atomic mass is 16.5. The molecule has 2 aromatic rings. The summed E-state index contributed by atoms with van der Waals surface area (Å²) in [4.78, 5) is 40.8. The lowest BCUT2D eigenvalue weighted by molar-refractivity contribution is -0.122. The minimum atomic E-state index is -0.564. The smallest absolute Gasteiger partial charge is 0.254 e. The lowest BCUT2D eigenvalue weighted by atomic mass is 9.65. The molecule has 0 aromatic heterocycles. The van der Waals surface area contributed by atoms with Gasteiger partial charge in [-0.05, 0) is 55.7 Å². The van der Waals surface area contributed by atoms with E-state index in [0.29, 0.717) is 30.0 Å². The van der Waals surface area contributed by atoms with Crippen LogP contribution in [0.5, 0.6) is 0 Å². The van der Waals surface area contributed by atoms with Crippen LogP contribution in [0, 0.1) is 0 Å². The molecule has 4 rings (SSSR count). The molecule has 0 bridgehead atoms. The zero-order valence-electron chi connectivity index (χ0n) is 18.7. The number of anilines is 1. The van der Waals surface area contributed by atoms with Crippen molar-refractivity contribution < 1.29 is 19.1 Å². The van der Waals surface area contributed by atoms with Crippen LogP contribution in [0.4, 0.5) is 5.69 Å². The van der Waals surface area contributed by atoms with Crippen molar-refractivity contribution in [1.29, 1.82) is 0 Å². The third kappa shape index (κ3) is 3.95. The standard InChI is InChI=1S/C26H30N2O4/c1-18(29)19-10-12-20(13-11-19)27-24(30)23-21-8-4-5-9-22(21)25(31)28(16-17-32-2)26(23)14-6-3-7-15-26/h4-5,8-13,23H,3,6-7,14-17H2,1-2H3,(H,27,30). The molecule has 1 unspecified atom stereocenters. The second kappa shape index (κ2) is 9.25. The molecule has 0 radical (unpaired) electrons. The van der Waals surface area contributed by atoms with Crippen LogP contribution in [0.2, 0.25) is 0 Å². The van der Waals surface area contributed by atoms with Gasteiger partial charge in [0, 0.05) is 30.5 Å². The third-order valence-corrected chi connectivity index (χ3v) is 6.88. The molecule has 0 saturated heterocycles. The molecule has 1 aliphatic heterocycles. The Labute approximate surface area is 188 Å². The van der Waals surface area contributed by atoms with E-state index in [4.69, 9.17) is 4.74 Å². The predicted octanol–water partition coefficient (Wildman–Crippen LogP) is 4.42. The number of methoxy groups -OCH3 is 1. The Morgan fingerprint density at radius 2 is 1.75 bits per heavy atom. The number of rotatable bonds is 6. The molecular weight excluding hydrogens is 404 g/mol. The number of hydrogen-bond donors (Lipinski definition) is 1. The van der Waals surface area contributed by atoms with Crippen LogP contribution in [0.25, 0.3) is 0 Å². The summed E-state index contributed by atoms with van der Waals surface area (Å²) in [5.74, 6) is -0.627. The van der Waals surface area contributed by atoms with Gasteiger partial charge in [0.15, 0.2) is 5.78 Å². The van der Waals surface area contributed by atoms with Crippen LogP contribution < -0.4 is 5.32 Å². The van der Waals surface area contributed by atoms with Crippen molar-refractivity contribution in [2.24, 2.45) is 0 Å². The van der Waals surface area contributed by atoms with Gasteiger partial charge in [-0.1, -0.05) is 37.5 Å². The van der Waals surface area contributed by atoms with Gasteiger partial charge in [-0.2, -0.15) is 0 Å². The summed E-state index contributed by atoms with van der Waals surface area (Å²) in [5.41, 5.74) is 2.07. The van der Waals surface area contributed by atoms with Gasteiger partial charge in [-0.15, -0.1) is 0 Å². The van der Waals surface area contributed by atoms with Crippen molar-refractivity contribution in [3.8, 4) is 0 Å². The summed E-state index contributed by atoms with van der Waals surface area (Å²) in [7, 11) is 1.63. The maximum atomic E-state index is 13.8. The molecule has 1 fully saturated rings. The fourth-order valence-corrected chi connectivity index (χ4v) is 5.35.